The van der Waals surface area contributed by atoms with E-state index >= 15 is 0 Å². The van der Waals surface area contributed by atoms with Gasteiger partial charge in [0, 0.05) is 24.2 Å². The lowest BCUT2D eigenvalue weighted by Crippen LogP contribution is -2.60. The van der Waals surface area contributed by atoms with Gasteiger partial charge >= 0.3 is 0 Å². The van der Waals surface area contributed by atoms with Crippen molar-refractivity contribution in [2.45, 2.75) is 96.8 Å². The van der Waals surface area contributed by atoms with Gasteiger partial charge in [0.05, 0.1) is 0 Å². The molecule has 112 valence electrons. The maximum atomic E-state index is 3.70. The summed E-state index contributed by atoms with van der Waals surface area (Å²) in [4.78, 5) is 2.93. The van der Waals surface area contributed by atoms with Gasteiger partial charge in [-0.1, -0.05) is 40.0 Å². The van der Waals surface area contributed by atoms with Crippen LogP contribution in [-0.4, -0.2) is 35.6 Å². The Morgan fingerprint density at radius 3 is 2.11 bits per heavy atom. The molecule has 0 aliphatic carbocycles. The Hall–Kier alpha value is -0.0800. The quantitative estimate of drug-likeness (QED) is 0.786. The molecular weight excluding hydrogens is 232 g/mol. The summed E-state index contributed by atoms with van der Waals surface area (Å²) < 4.78 is 0. The van der Waals surface area contributed by atoms with Crippen LogP contribution in [0.4, 0.5) is 0 Å². The van der Waals surface area contributed by atoms with Crippen molar-refractivity contribution in [3.63, 3.8) is 0 Å². The number of hydrogen-bond acceptors (Lipinski definition) is 2. The number of piperidine rings is 2. The highest BCUT2D eigenvalue weighted by Gasteiger charge is 2.41. The first-order valence-electron chi connectivity index (χ1n) is 8.71. The van der Waals surface area contributed by atoms with Gasteiger partial charge in [-0.3, -0.25) is 4.90 Å². The fraction of sp³-hybridized carbons (Fsp3) is 1.00. The fourth-order valence-electron chi connectivity index (χ4n) is 4.75. The molecule has 2 bridgehead atoms. The fourth-order valence-corrected chi connectivity index (χ4v) is 4.75. The molecule has 0 aromatic carbocycles. The molecular formula is C17H34N2. The first kappa shape index (κ1) is 15.3. The highest BCUT2D eigenvalue weighted by Crippen LogP contribution is 2.37. The molecule has 2 heterocycles. The van der Waals surface area contributed by atoms with Crippen LogP contribution in [-0.2, 0) is 0 Å². The third kappa shape index (κ3) is 3.33. The smallest absolute Gasteiger partial charge is 0.0116 e. The molecule has 2 rings (SSSR count). The van der Waals surface area contributed by atoms with Crippen LogP contribution in [0.2, 0.25) is 0 Å². The third-order valence-electron chi connectivity index (χ3n) is 5.73. The van der Waals surface area contributed by atoms with Crippen LogP contribution in [0.15, 0.2) is 0 Å². The lowest BCUT2D eigenvalue weighted by molar-refractivity contribution is -0.0247. The van der Waals surface area contributed by atoms with Crippen LogP contribution in [0.1, 0.15) is 72.6 Å². The van der Waals surface area contributed by atoms with Gasteiger partial charge in [-0.25, -0.2) is 0 Å². The molecule has 2 fully saturated rings. The molecule has 0 radical (unpaired) electrons. The Kier molecular flexibility index (Phi) is 5.70. The third-order valence-corrected chi connectivity index (χ3v) is 5.73. The second-order valence-corrected chi connectivity index (χ2v) is 6.73. The Morgan fingerprint density at radius 2 is 1.63 bits per heavy atom. The Balaban J connectivity index is 2.05. The maximum absolute atomic E-state index is 3.70. The predicted molar refractivity (Wildman–Crippen MR) is 83.5 cm³/mol. The normalized spacial score (nSPS) is 33.6. The lowest BCUT2D eigenvalue weighted by Gasteiger charge is -2.53. The molecule has 0 saturated carbocycles. The van der Waals surface area contributed by atoms with Gasteiger partial charge in [-0.15, -0.1) is 0 Å². The molecule has 0 aromatic rings. The van der Waals surface area contributed by atoms with Crippen LogP contribution >= 0.6 is 0 Å². The van der Waals surface area contributed by atoms with E-state index in [0.29, 0.717) is 0 Å². The van der Waals surface area contributed by atoms with E-state index in [1.807, 2.05) is 0 Å². The highest BCUT2D eigenvalue weighted by atomic mass is 15.2. The number of hydrogen-bond donors (Lipinski definition) is 1. The summed E-state index contributed by atoms with van der Waals surface area (Å²) in [5, 5.41) is 3.70. The molecule has 19 heavy (non-hydrogen) atoms. The first-order chi connectivity index (χ1) is 9.21. The zero-order chi connectivity index (χ0) is 13.8. The molecule has 0 spiro atoms. The number of fused-ring (bicyclic) bond motifs is 2. The van der Waals surface area contributed by atoms with E-state index in [9.17, 15) is 0 Å². The summed E-state index contributed by atoms with van der Waals surface area (Å²) in [5.74, 6) is 0.888. The summed E-state index contributed by atoms with van der Waals surface area (Å²) in [6, 6.07) is 3.28. The molecule has 2 aliphatic rings. The van der Waals surface area contributed by atoms with Crippen LogP contribution in [0, 0.1) is 5.92 Å². The van der Waals surface area contributed by atoms with E-state index in [2.05, 4.69) is 37.9 Å². The van der Waals surface area contributed by atoms with E-state index < -0.39 is 0 Å². The van der Waals surface area contributed by atoms with E-state index in [1.54, 1.807) is 0 Å². The summed E-state index contributed by atoms with van der Waals surface area (Å²) >= 11 is 0. The lowest BCUT2D eigenvalue weighted by atomic mass is 9.78. The maximum Gasteiger partial charge on any atom is 0.0116 e. The van der Waals surface area contributed by atoms with Crippen molar-refractivity contribution in [1.29, 1.82) is 0 Å². The van der Waals surface area contributed by atoms with Crippen molar-refractivity contribution >= 4 is 0 Å². The molecule has 3 unspecified atom stereocenters. The van der Waals surface area contributed by atoms with Crippen LogP contribution in [0.3, 0.4) is 0 Å². The van der Waals surface area contributed by atoms with Gasteiger partial charge in [0.25, 0.3) is 0 Å². The van der Waals surface area contributed by atoms with Crippen molar-refractivity contribution < 1.29 is 0 Å². The Labute approximate surface area is 120 Å². The van der Waals surface area contributed by atoms with E-state index in [-0.39, 0.29) is 0 Å². The molecule has 2 aliphatic heterocycles. The molecule has 2 heteroatoms. The first-order valence-corrected chi connectivity index (χ1v) is 8.71. The van der Waals surface area contributed by atoms with Gasteiger partial charge < -0.3 is 5.32 Å². The SMILES string of the molecule is CCNC1CC2CCCC(C1)N2C(C)C(CC)CC. The largest absolute Gasteiger partial charge is 0.314 e. The zero-order valence-electron chi connectivity index (χ0n) is 13.5. The minimum atomic E-state index is 0.783. The molecule has 3 atom stereocenters. The van der Waals surface area contributed by atoms with E-state index in [0.717, 1.165) is 36.6 Å². The van der Waals surface area contributed by atoms with Gasteiger partial charge in [0.15, 0.2) is 0 Å². The second-order valence-electron chi connectivity index (χ2n) is 6.73. The zero-order valence-corrected chi connectivity index (χ0v) is 13.5. The van der Waals surface area contributed by atoms with Crippen molar-refractivity contribution in [3.8, 4) is 0 Å². The summed E-state index contributed by atoms with van der Waals surface area (Å²) in [6.45, 7) is 10.6. The topological polar surface area (TPSA) is 15.3 Å². The predicted octanol–water partition coefficient (Wildman–Crippen LogP) is 3.81. The molecule has 0 aromatic heterocycles. The standard InChI is InChI=1S/C17H34N2/c1-5-14(6-2)13(4)19-16-9-8-10-17(19)12-15(11-16)18-7-3/h13-18H,5-12H2,1-4H3. The minimum absolute atomic E-state index is 0.783. The number of nitrogens with zero attached hydrogens (tertiary/aromatic N) is 1. The monoisotopic (exact) mass is 266 g/mol. The van der Waals surface area contributed by atoms with Gasteiger partial charge in [-0.2, -0.15) is 0 Å². The average Bonchev–Trinajstić information content (AvgIpc) is 2.39. The molecule has 2 saturated heterocycles. The van der Waals surface area contributed by atoms with E-state index in [4.69, 9.17) is 0 Å². The van der Waals surface area contributed by atoms with Crippen molar-refractivity contribution in [2.24, 2.45) is 5.92 Å². The number of rotatable bonds is 6. The summed E-state index contributed by atoms with van der Waals surface area (Å²) in [5.41, 5.74) is 0. The second kappa shape index (κ2) is 7.08. The van der Waals surface area contributed by atoms with E-state index in [1.165, 1.54) is 44.9 Å². The van der Waals surface area contributed by atoms with Gasteiger partial charge in [0.2, 0.25) is 0 Å². The molecule has 0 amide bonds. The summed E-state index contributed by atoms with van der Waals surface area (Å²) in [7, 11) is 0. The van der Waals surface area contributed by atoms with Gasteiger partial charge in [0.1, 0.15) is 0 Å². The minimum Gasteiger partial charge on any atom is -0.314 e. The van der Waals surface area contributed by atoms with Crippen LogP contribution in [0.5, 0.6) is 0 Å². The van der Waals surface area contributed by atoms with Crippen molar-refractivity contribution in [3.05, 3.63) is 0 Å². The molecule has 1 N–H and O–H groups in total. The van der Waals surface area contributed by atoms with Gasteiger partial charge in [-0.05, 0) is 45.1 Å². The highest BCUT2D eigenvalue weighted by molar-refractivity contribution is 4.97. The van der Waals surface area contributed by atoms with Crippen LogP contribution < -0.4 is 5.32 Å². The molecule has 2 nitrogen and oxygen atoms in total. The van der Waals surface area contributed by atoms with Crippen LogP contribution in [0.25, 0.3) is 0 Å². The Bertz CT molecular complexity index is 248. The summed E-state index contributed by atoms with van der Waals surface area (Å²) in [6.07, 6.45) is 9.77. The number of nitrogens with one attached hydrogen (secondary N) is 1. The Morgan fingerprint density at radius 1 is 1.05 bits per heavy atom. The van der Waals surface area contributed by atoms with Crippen molar-refractivity contribution in [1.82, 2.24) is 10.2 Å². The average molecular weight is 266 g/mol. The van der Waals surface area contributed by atoms with Crippen molar-refractivity contribution in [2.75, 3.05) is 6.54 Å².